The molecule has 3 heterocycles. The Balaban J connectivity index is 1.54. The van der Waals surface area contributed by atoms with Crippen LogP contribution in [0.15, 0.2) is 54.9 Å². The van der Waals surface area contributed by atoms with Gasteiger partial charge in [0, 0.05) is 36.0 Å². The van der Waals surface area contributed by atoms with Crippen molar-refractivity contribution in [3.05, 3.63) is 60.4 Å². The van der Waals surface area contributed by atoms with E-state index in [4.69, 9.17) is 34.0 Å². The summed E-state index contributed by atoms with van der Waals surface area (Å²) in [6, 6.07) is 13.4. The van der Waals surface area contributed by atoms with E-state index in [-0.39, 0.29) is 0 Å². The maximum atomic E-state index is 5.51. The average molecular weight is 487 g/mol. The molecule has 10 nitrogen and oxygen atoms in total. The molecule has 0 radical (unpaired) electrons. The third-order valence-corrected chi connectivity index (χ3v) is 5.84. The molecule has 0 atom stereocenters. The molecule has 0 aliphatic heterocycles. The number of rotatable bonds is 9. The monoisotopic (exact) mass is 486 g/mol. The Kier molecular flexibility index (Phi) is 6.40. The zero-order valence-electron chi connectivity index (χ0n) is 20.5. The van der Waals surface area contributed by atoms with E-state index in [2.05, 4.69) is 10.3 Å². The molecule has 5 rings (SSSR count). The molecular weight excluding hydrogens is 460 g/mol. The summed E-state index contributed by atoms with van der Waals surface area (Å²) in [5.74, 6) is 3.68. The molecule has 0 saturated heterocycles. The summed E-state index contributed by atoms with van der Waals surface area (Å²) in [6.07, 6.45) is 4.18. The molecule has 0 amide bonds. The molecule has 5 aromatic rings. The van der Waals surface area contributed by atoms with Gasteiger partial charge in [0.05, 0.1) is 34.0 Å². The number of hydrogen-bond acceptors (Lipinski definition) is 9. The van der Waals surface area contributed by atoms with Gasteiger partial charge in [0.1, 0.15) is 0 Å². The molecule has 1 N–H and O–H groups in total. The van der Waals surface area contributed by atoms with E-state index in [9.17, 15) is 0 Å². The SMILES string of the molecule is COc1ccc(CCNc2nc3cc(OC)c(OC)cc3c3nc(-c4cccnc4)nn23)cc1OC. The van der Waals surface area contributed by atoms with Crippen molar-refractivity contribution in [2.45, 2.75) is 6.42 Å². The van der Waals surface area contributed by atoms with Gasteiger partial charge in [0.2, 0.25) is 5.95 Å². The Morgan fingerprint density at radius 1 is 0.833 bits per heavy atom. The number of aromatic nitrogens is 5. The van der Waals surface area contributed by atoms with E-state index in [1.807, 2.05) is 42.5 Å². The predicted octanol–water partition coefficient (Wildman–Crippen LogP) is 4.03. The van der Waals surface area contributed by atoms with Gasteiger partial charge in [-0.1, -0.05) is 6.07 Å². The van der Waals surface area contributed by atoms with Gasteiger partial charge in [0.25, 0.3) is 0 Å². The van der Waals surface area contributed by atoms with Crippen LogP contribution in [0, 0.1) is 0 Å². The Hall–Kier alpha value is -4.60. The highest BCUT2D eigenvalue weighted by atomic mass is 16.5. The van der Waals surface area contributed by atoms with E-state index < -0.39 is 0 Å². The molecule has 0 aliphatic carbocycles. The highest BCUT2D eigenvalue weighted by molar-refractivity contribution is 5.95. The van der Waals surface area contributed by atoms with Crippen LogP contribution in [0.5, 0.6) is 23.0 Å². The predicted molar refractivity (Wildman–Crippen MR) is 136 cm³/mol. The first-order valence-corrected chi connectivity index (χ1v) is 11.3. The lowest BCUT2D eigenvalue weighted by atomic mass is 10.1. The summed E-state index contributed by atoms with van der Waals surface area (Å²) < 4.78 is 23.5. The Morgan fingerprint density at radius 2 is 1.58 bits per heavy atom. The number of nitrogens with one attached hydrogen (secondary N) is 1. The van der Waals surface area contributed by atoms with Crippen molar-refractivity contribution in [3.63, 3.8) is 0 Å². The minimum absolute atomic E-state index is 0.551. The van der Waals surface area contributed by atoms with E-state index in [0.29, 0.717) is 52.5 Å². The average Bonchev–Trinajstić information content (AvgIpc) is 3.39. The first-order chi connectivity index (χ1) is 17.6. The normalized spacial score (nSPS) is 11.0. The fraction of sp³-hybridized carbons (Fsp3) is 0.231. The van der Waals surface area contributed by atoms with Crippen molar-refractivity contribution in [1.82, 2.24) is 24.6 Å². The van der Waals surface area contributed by atoms with E-state index in [1.165, 1.54) is 0 Å². The number of ether oxygens (including phenoxy) is 4. The van der Waals surface area contributed by atoms with Crippen LogP contribution >= 0.6 is 0 Å². The summed E-state index contributed by atoms with van der Waals surface area (Å²) in [5, 5.41) is 8.95. The Bertz CT molecular complexity index is 1520. The summed E-state index contributed by atoms with van der Waals surface area (Å²) >= 11 is 0. The maximum absolute atomic E-state index is 5.51. The van der Waals surface area contributed by atoms with Crippen LogP contribution in [0.3, 0.4) is 0 Å². The summed E-state index contributed by atoms with van der Waals surface area (Å²) in [4.78, 5) is 13.9. The minimum atomic E-state index is 0.551. The molecule has 0 unspecified atom stereocenters. The molecule has 0 aliphatic rings. The molecule has 10 heteroatoms. The van der Waals surface area contributed by atoms with Crippen LogP contribution in [0.1, 0.15) is 5.56 Å². The lowest BCUT2D eigenvalue weighted by Crippen LogP contribution is -2.11. The third kappa shape index (κ3) is 4.28. The lowest BCUT2D eigenvalue weighted by Gasteiger charge is -2.13. The number of benzene rings is 2. The second-order valence-electron chi connectivity index (χ2n) is 7.94. The number of methoxy groups -OCH3 is 4. The third-order valence-electron chi connectivity index (χ3n) is 5.84. The number of pyridine rings is 1. The minimum Gasteiger partial charge on any atom is -0.493 e. The lowest BCUT2D eigenvalue weighted by molar-refractivity contribution is 0.354. The van der Waals surface area contributed by atoms with Crippen LogP contribution in [0.2, 0.25) is 0 Å². The fourth-order valence-electron chi connectivity index (χ4n) is 4.02. The summed E-state index contributed by atoms with van der Waals surface area (Å²) in [5.41, 5.74) is 3.26. The second kappa shape index (κ2) is 9.95. The van der Waals surface area contributed by atoms with Gasteiger partial charge in [-0.05, 0) is 42.3 Å². The van der Waals surface area contributed by atoms with Crippen LogP contribution in [-0.2, 0) is 6.42 Å². The maximum Gasteiger partial charge on any atom is 0.226 e. The molecule has 0 fully saturated rings. The summed E-state index contributed by atoms with van der Waals surface area (Å²) in [6.45, 7) is 0.610. The number of anilines is 1. The molecule has 2 aromatic carbocycles. The zero-order chi connectivity index (χ0) is 25.1. The van der Waals surface area contributed by atoms with Gasteiger partial charge in [-0.15, -0.1) is 5.10 Å². The van der Waals surface area contributed by atoms with E-state index in [0.717, 1.165) is 22.9 Å². The molecule has 184 valence electrons. The highest BCUT2D eigenvalue weighted by Crippen LogP contribution is 2.34. The van der Waals surface area contributed by atoms with Crippen molar-refractivity contribution in [2.24, 2.45) is 0 Å². The molecule has 3 aromatic heterocycles. The standard InChI is InChI=1S/C26H26N6O4/c1-33-20-8-7-16(12-21(20)34-2)9-11-28-26-29-19-14-23(36-4)22(35-3)13-18(19)25-30-24(31-32(25)26)17-6-5-10-27-15-17/h5-8,10,12-15H,9,11H2,1-4H3,(H,28,29). The topological polar surface area (TPSA) is 105 Å². The quantitative estimate of drug-likeness (QED) is 0.331. The Morgan fingerprint density at radius 3 is 2.31 bits per heavy atom. The zero-order valence-corrected chi connectivity index (χ0v) is 20.5. The Labute approximate surface area is 207 Å². The van der Waals surface area contributed by atoms with Crippen molar-refractivity contribution >= 4 is 22.5 Å². The van der Waals surface area contributed by atoms with Gasteiger partial charge in [0.15, 0.2) is 34.5 Å². The first-order valence-electron chi connectivity index (χ1n) is 11.3. The molecule has 0 spiro atoms. The molecular formula is C26H26N6O4. The van der Waals surface area contributed by atoms with Crippen molar-refractivity contribution in [1.29, 1.82) is 0 Å². The molecule has 0 saturated carbocycles. The van der Waals surface area contributed by atoms with Crippen molar-refractivity contribution in [3.8, 4) is 34.4 Å². The highest BCUT2D eigenvalue weighted by Gasteiger charge is 2.17. The molecule has 0 bridgehead atoms. The van der Waals surface area contributed by atoms with Gasteiger partial charge < -0.3 is 24.3 Å². The van der Waals surface area contributed by atoms with Crippen LogP contribution in [-0.4, -0.2) is 59.5 Å². The number of hydrogen-bond donors (Lipinski definition) is 1. The fourth-order valence-corrected chi connectivity index (χ4v) is 4.02. The number of fused-ring (bicyclic) bond motifs is 3. The molecule has 36 heavy (non-hydrogen) atoms. The van der Waals surface area contributed by atoms with Gasteiger partial charge in [-0.25, -0.2) is 9.97 Å². The van der Waals surface area contributed by atoms with Gasteiger partial charge >= 0.3 is 0 Å². The largest absolute Gasteiger partial charge is 0.493 e. The number of nitrogens with zero attached hydrogens (tertiary/aromatic N) is 5. The van der Waals surface area contributed by atoms with Gasteiger partial charge in [-0.3, -0.25) is 4.98 Å². The van der Waals surface area contributed by atoms with E-state index in [1.54, 1.807) is 45.3 Å². The first kappa shape index (κ1) is 23.2. The van der Waals surface area contributed by atoms with Crippen LogP contribution < -0.4 is 24.3 Å². The van der Waals surface area contributed by atoms with Crippen molar-refractivity contribution < 1.29 is 18.9 Å². The smallest absolute Gasteiger partial charge is 0.226 e. The van der Waals surface area contributed by atoms with Gasteiger partial charge in [-0.2, -0.15) is 4.52 Å². The van der Waals surface area contributed by atoms with Crippen molar-refractivity contribution in [2.75, 3.05) is 40.3 Å². The summed E-state index contributed by atoms with van der Waals surface area (Å²) in [7, 11) is 6.45. The van der Waals surface area contributed by atoms with E-state index >= 15 is 0 Å². The van der Waals surface area contributed by atoms with Crippen LogP contribution in [0.25, 0.3) is 27.9 Å². The second-order valence-corrected chi connectivity index (χ2v) is 7.94. The van der Waals surface area contributed by atoms with Crippen LogP contribution in [0.4, 0.5) is 5.95 Å².